The second-order valence-electron chi connectivity index (χ2n) is 19.5. The molecule has 75 heavy (non-hydrogen) atoms. The highest BCUT2D eigenvalue weighted by Crippen LogP contribution is 2.43. The second-order valence-corrected chi connectivity index (χ2v) is 19.5. The number of nitrogens with zero attached hydrogens (tertiary/aromatic N) is 3. The molecule has 0 aliphatic rings. The van der Waals surface area contributed by atoms with Gasteiger partial charge in [-0.3, -0.25) is 0 Å². The fourth-order valence-electron chi connectivity index (χ4n) is 11.6. The molecule has 0 aliphatic heterocycles. The van der Waals surface area contributed by atoms with Gasteiger partial charge in [-0.1, -0.05) is 182 Å². The van der Waals surface area contributed by atoms with Crippen molar-refractivity contribution in [3.63, 3.8) is 0 Å². The molecular formula is C71H45N3O. The number of pyridine rings is 1. The van der Waals surface area contributed by atoms with E-state index < -0.39 is 0 Å². The zero-order valence-corrected chi connectivity index (χ0v) is 40.7. The summed E-state index contributed by atoms with van der Waals surface area (Å²) in [5.74, 6) is 0. The predicted molar refractivity (Wildman–Crippen MR) is 313 cm³/mol. The summed E-state index contributed by atoms with van der Waals surface area (Å²) in [6, 6.07) is 98.3. The van der Waals surface area contributed by atoms with Crippen LogP contribution in [0, 0.1) is 0 Å². The third-order valence-electron chi connectivity index (χ3n) is 15.1. The van der Waals surface area contributed by atoms with E-state index in [4.69, 9.17) is 9.40 Å². The van der Waals surface area contributed by atoms with Crippen molar-refractivity contribution in [2.24, 2.45) is 0 Å². The Morgan fingerprint density at radius 3 is 1.28 bits per heavy atom. The molecule has 0 N–H and O–H groups in total. The molecule has 15 aromatic rings. The van der Waals surface area contributed by atoms with Crippen molar-refractivity contribution in [1.82, 2.24) is 14.1 Å². The summed E-state index contributed by atoms with van der Waals surface area (Å²) in [5.41, 5.74) is 21.8. The zero-order chi connectivity index (χ0) is 49.4. The van der Waals surface area contributed by atoms with Gasteiger partial charge in [0, 0.05) is 54.8 Å². The third-order valence-corrected chi connectivity index (χ3v) is 15.1. The van der Waals surface area contributed by atoms with Gasteiger partial charge in [0.15, 0.2) is 0 Å². The van der Waals surface area contributed by atoms with E-state index in [0.717, 1.165) is 78.0 Å². The van der Waals surface area contributed by atoms with Crippen LogP contribution >= 0.6 is 0 Å². The van der Waals surface area contributed by atoms with E-state index in [9.17, 15) is 0 Å². The van der Waals surface area contributed by atoms with Crippen LogP contribution in [0.1, 0.15) is 0 Å². The number of rotatable bonds is 8. The summed E-state index contributed by atoms with van der Waals surface area (Å²) in [6.45, 7) is 0. The van der Waals surface area contributed by atoms with Gasteiger partial charge in [-0.05, 0) is 136 Å². The first kappa shape index (κ1) is 42.6. The van der Waals surface area contributed by atoms with Gasteiger partial charge in [-0.2, -0.15) is 0 Å². The predicted octanol–water partition coefficient (Wildman–Crippen LogP) is 19.2. The lowest BCUT2D eigenvalue weighted by Crippen LogP contribution is -1.96. The highest BCUT2D eigenvalue weighted by atomic mass is 16.3. The van der Waals surface area contributed by atoms with Gasteiger partial charge < -0.3 is 13.6 Å². The molecule has 0 saturated carbocycles. The van der Waals surface area contributed by atoms with E-state index in [-0.39, 0.29) is 0 Å². The van der Waals surface area contributed by atoms with E-state index in [2.05, 4.69) is 270 Å². The summed E-state index contributed by atoms with van der Waals surface area (Å²) in [5, 5.41) is 7.00. The maximum absolute atomic E-state index is 6.66. The largest absolute Gasteiger partial charge is 0.456 e. The van der Waals surface area contributed by atoms with Crippen molar-refractivity contribution >= 4 is 65.6 Å². The SMILES string of the molecule is c1ccc(-c2cc(-c3ccccc3)cc(-n3c4ccccc4c4cc(-c5ccc6c(c5)c5ccccc5n6-c5ccc6oc7cccc(-c8cc(-c9ccccc9)nc(-c9ccccc9)c8)c7c6c5)ccc43)c2)cc1. The molecule has 0 saturated heterocycles. The van der Waals surface area contributed by atoms with Crippen LogP contribution in [0.15, 0.2) is 277 Å². The van der Waals surface area contributed by atoms with E-state index in [0.29, 0.717) is 0 Å². The molecule has 0 fully saturated rings. The molecule has 11 aromatic carbocycles. The first-order chi connectivity index (χ1) is 37.2. The number of benzene rings is 11. The first-order valence-corrected chi connectivity index (χ1v) is 25.6. The normalized spacial score (nSPS) is 11.7. The van der Waals surface area contributed by atoms with Crippen molar-refractivity contribution in [3.8, 4) is 78.4 Å². The summed E-state index contributed by atoms with van der Waals surface area (Å²) in [4.78, 5) is 5.19. The number of para-hydroxylation sites is 2. The number of aromatic nitrogens is 3. The minimum Gasteiger partial charge on any atom is -0.456 e. The molecule has 4 heterocycles. The summed E-state index contributed by atoms with van der Waals surface area (Å²) in [6.07, 6.45) is 0. The van der Waals surface area contributed by atoms with E-state index in [1.807, 2.05) is 12.1 Å². The molecule has 0 amide bonds. The molecule has 0 bridgehead atoms. The van der Waals surface area contributed by atoms with E-state index in [1.54, 1.807) is 0 Å². The van der Waals surface area contributed by atoms with Crippen LogP contribution < -0.4 is 0 Å². The average molecular weight is 956 g/mol. The fourth-order valence-corrected chi connectivity index (χ4v) is 11.6. The van der Waals surface area contributed by atoms with Gasteiger partial charge in [0.25, 0.3) is 0 Å². The first-order valence-electron chi connectivity index (χ1n) is 25.6. The lowest BCUT2D eigenvalue weighted by molar-refractivity contribution is 0.669. The van der Waals surface area contributed by atoms with Crippen LogP contribution in [-0.4, -0.2) is 14.1 Å². The topological polar surface area (TPSA) is 35.9 Å². The van der Waals surface area contributed by atoms with Crippen molar-refractivity contribution in [2.75, 3.05) is 0 Å². The van der Waals surface area contributed by atoms with Crippen molar-refractivity contribution in [3.05, 3.63) is 273 Å². The molecule has 4 heteroatoms. The monoisotopic (exact) mass is 955 g/mol. The van der Waals surface area contributed by atoms with Crippen LogP contribution in [0.4, 0.5) is 0 Å². The molecule has 0 spiro atoms. The van der Waals surface area contributed by atoms with Crippen LogP contribution in [0.25, 0.3) is 144 Å². The maximum Gasteiger partial charge on any atom is 0.136 e. The number of hydrogen-bond donors (Lipinski definition) is 0. The number of fused-ring (bicyclic) bond motifs is 9. The highest BCUT2D eigenvalue weighted by molar-refractivity contribution is 6.15. The van der Waals surface area contributed by atoms with Gasteiger partial charge in [0.1, 0.15) is 11.2 Å². The zero-order valence-electron chi connectivity index (χ0n) is 40.7. The molecule has 0 radical (unpaired) electrons. The van der Waals surface area contributed by atoms with Crippen molar-refractivity contribution in [1.29, 1.82) is 0 Å². The van der Waals surface area contributed by atoms with E-state index >= 15 is 0 Å². The second kappa shape index (κ2) is 17.3. The summed E-state index contributed by atoms with van der Waals surface area (Å²) in [7, 11) is 0. The molecule has 0 atom stereocenters. The Bertz CT molecular complexity index is 4570. The Hall–Kier alpha value is -10.0. The lowest BCUT2D eigenvalue weighted by Gasteiger charge is -2.14. The Kier molecular flexibility index (Phi) is 9.85. The Labute approximate surface area is 433 Å². The van der Waals surface area contributed by atoms with Crippen molar-refractivity contribution in [2.45, 2.75) is 0 Å². The smallest absolute Gasteiger partial charge is 0.136 e. The molecular weight excluding hydrogens is 911 g/mol. The van der Waals surface area contributed by atoms with Crippen LogP contribution in [0.2, 0.25) is 0 Å². The fraction of sp³-hybridized carbons (Fsp3) is 0. The van der Waals surface area contributed by atoms with Gasteiger partial charge in [-0.15, -0.1) is 0 Å². The summed E-state index contributed by atoms with van der Waals surface area (Å²) < 4.78 is 11.5. The van der Waals surface area contributed by atoms with Gasteiger partial charge in [0.05, 0.1) is 33.5 Å². The van der Waals surface area contributed by atoms with Gasteiger partial charge in [0.2, 0.25) is 0 Å². The molecule has 0 unspecified atom stereocenters. The molecule has 350 valence electrons. The van der Waals surface area contributed by atoms with Gasteiger partial charge >= 0.3 is 0 Å². The van der Waals surface area contributed by atoms with Crippen LogP contribution in [-0.2, 0) is 0 Å². The maximum atomic E-state index is 6.66. The van der Waals surface area contributed by atoms with Crippen molar-refractivity contribution < 1.29 is 4.42 Å². The Morgan fingerprint density at radius 2 is 0.733 bits per heavy atom. The molecule has 0 aliphatic carbocycles. The number of furan rings is 1. The Morgan fingerprint density at radius 1 is 0.253 bits per heavy atom. The molecule has 15 rings (SSSR count). The molecule has 4 nitrogen and oxygen atoms in total. The highest BCUT2D eigenvalue weighted by Gasteiger charge is 2.20. The van der Waals surface area contributed by atoms with Crippen LogP contribution in [0.5, 0.6) is 0 Å². The minimum atomic E-state index is 0.849. The van der Waals surface area contributed by atoms with Crippen LogP contribution in [0.3, 0.4) is 0 Å². The van der Waals surface area contributed by atoms with Gasteiger partial charge in [-0.25, -0.2) is 4.98 Å². The van der Waals surface area contributed by atoms with E-state index in [1.165, 1.54) is 66.0 Å². The third kappa shape index (κ3) is 7.18. The minimum absolute atomic E-state index is 0.849. The lowest BCUT2D eigenvalue weighted by atomic mass is 9.96. The standard InChI is InChI=1S/C71H45N3O/c1-5-18-46(19-6-1)52-38-53(47-20-7-2-8-21-47)40-56(39-52)74-66-30-16-14-27-59(66)61-42-51(33-36-68(61)74)50-32-35-67-60(41-50)58-26-13-15-29-65(58)73(67)55-34-37-69-62(45-55)71-57(28-17-31-70(71)75-69)54-43-63(48-22-9-3-10-23-48)72-64(44-54)49-24-11-4-12-25-49/h1-45H. The quantitative estimate of drug-likeness (QED) is 0.152. The number of hydrogen-bond acceptors (Lipinski definition) is 2. The average Bonchev–Trinajstić information content (AvgIpc) is 4.19. The Balaban J connectivity index is 0.863. The molecule has 4 aromatic heterocycles. The summed E-state index contributed by atoms with van der Waals surface area (Å²) >= 11 is 0.